The van der Waals surface area contributed by atoms with Crippen LogP contribution in [0.1, 0.15) is 12.8 Å². The predicted octanol–water partition coefficient (Wildman–Crippen LogP) is 3.82. The average molecular weight is 661 g/mol. The summed E-state index contributed by atoms with van der Waals surface area (Å²) in [4.78, 5) is -0.154. The SMILES string of the molecule is O=S(=O)(O)C1=C[N-]CC=C1.O=S(=O)(O)C1CCC[N-]C1.[Cl][Pt+2]([Cl])([Cl])[Cl]. The molecule has 0 radical (unpaired) electrons. The van der Waals surface area contributed by atoms with E-state index < -0.39 is 37.4 Å². The second kappa shape index (κ2) is 11.7. The van der Waals surface area contributed by atoms with Crippen LogP contribution in [0.4, 0.5) is 0 Å². The van der Waals surface area contributed by atoms with E-state index in [-0.39, 0.29) is 11.4 Å². The van der Waals surface area contributed by atoms with Crippen LogP contribution in [0, 0.1) is 0 Å². The second-order valence-electron chi connectivity index (χ2n) is 4.45. The molecular weight excluding hydrogens is 645 g/mol. The van der Waals surface area contributed by atoms with E-state index in [0.29, 0.717) is 13.0 Å². The van der Waals surface area contributed by atoms with Crippen molar-refractivity contribution in [3.05, 3.63) is 33.9 Å². The fourth-order valence-electron chi connectivity index (χ4n) is 1.57. The number of hydrogen-bond donors (Lipinski definition) is 2. The van der Waals surface area contributed by atoms with Crippen LogP contribution in [-0.4, -0.2) is 50.8 Å². The van der Waals surface area contributed by atoms with Crippen molar-refractivity contribution in [2.24, 2.45) is 0 Å². The molecular formula is C10H16Cl4N2O6PtS2. The summed E-state index contributed by atoms with van der Waals surface area (Å²) in [6.07, 6.45) is 5.33. The van der Waals surface area contributed by atoms with Gasteiger partial charge in [-0.05, 0) is 12.5 Å². The Labute approximate surface area is 166 Å². The standard InChI is InChI=1S/C5H10NO3S.C5H6NO3S.4ClH.Pt/c2*7-10(8,9)5-2-1-3-6-4-5;;;;;/h5H,1-4H2,(H,7,8,9);1-2,4H,3H2,(H,7,8,9);4*1H;/q2*-1;;;;;+6/p-4. The van der Waals surface area contributed by atoms with Gasteiger partial charge < -0.3 is 10.6 Å². The zero-order chi connectivity index (χ0) is 19.7. The summed E-state index contributed by atoms with van der Waals surface area (Å²) in [7, 11) is 12.2. The molecule has 15 heteroatoms. The Bertz CT molecular complexity index is 666. The van der Waals surface area contributed by atoms with Crippen LogP contribution in [0.2, 0.25) is 0 Å². The maximum atomic E-state index is 10.5. The van der Waals surface area contributed by atoms with Gasteiger partial charge in [-0.1, -0.05) is 6.42 Å². The maximum absolute atomic E-state index is 10.5. The molecule has 2 heterocycles. The molecule has 1 fully saturated rings. The van der Waals surface area contributed by atoms with Crippen LogP contribution in [0.25, 0.3) is 10.6 Å². The van der Waals surface area contributed by atoms with Gasteiger partial charge in [0.2, 0.25) is 0 Å². The van der Waals surface area contributed by atoms with Gasteiger partial charge in [0.15, 0.2) is 0 Å². The van der Waals surface area contributed by atoms with Crippen LogP contribution >= 0.6 is 37.7 Å². The van der Waals surface area contributed by atoms with E-state index in [0.717, 1.165) is 19.2 Å². The van der Waals surface area contributed by atoms with Crippen LogP contribution in [0.5, 0.6) is 0 Å². The van der Waals surface area contributed by atoms with Crippen LogP contribution in [0.15, 0.2) is 23.3 Å². The fourth-order valence-corrected chi connectivity index (χ4v) is 2.80. The topological polar surface area (TPSA) is 137 Å². The third-order valence-electron chi connectivity index (χ3n) is 2.61. The summed E-state index contributed by atoms with van der Waals surface area (Å²) >= 11 is -3.06. The molecule has 1 atom stereocenters. The molecule has 2 aliphatic heterocycles. The molecule has 1 saturated heterocycles. The van der Waals surface area contributed by atoms with Crippen molar-refractivity contribution in [3.8, 4) is 0 Å². The Morgan fingerprint density at radius 3 is 1.92 bits per heavy atom. The van der Waals surface area contributed by atoms with E-state index in [2.05, 4.69) is 10.6 Å². The van der Waals surface area contributed by atoms with Gasteiger partial charge in [-0.2, -0.15) is 23.0 Å². The first-order valence-electron chi connectivity index (χ1n) is 6.29. The average Bonchev–Trinajstić information content (AvgIpc) is 2.46. The molecule has 1 unspecified atom stereocenters. The zero-order valence-electron chi connectivity index (χ0n) is 12.4. The van der Waals surface area contributed by atoms with Crippen LogP contribution in [-0.2, 0) is 32.1 Å². The molecule has 0 bridgehead atoms. The van der Waals surface area contributed by atoms with Gasteiger partial charge in [-0.3, -0.25) is 9.11 Å². The third-order valence-corrected chi connectivity index (χ3v) is 4.67. The molecule has 0 aromatic heterocycles. The van der Waals surface area contributed by atoms with Crippen LogP contribution < -0.4 is 0 Å². The number of rotatable bonds is 2. The van der Waals surface area contributed by atoms with Gasteiger partial charge in [0.25, 0.3) is 20.2 Å². The van der Waals surface area contributed by atoms with E-state index in [1.54, 1.807) is 6.08 Å². The predicted molar refractivity (Wildman–Crippen MR) is 98.1 cm³/mol. The normalized spacial score (nSPS) is 21.5. The Morgan fingerprint density at radius 1 is 1.12 bits per heavy atom. The van der Waals surface area contributed by atoms with Crippen LogP contribution in [0.3, 0.4) is 0 Å². The monoisotopic (exact) mass is 659 g/mol. The van der Waals surface area contributed by atoms with Crippen molar-refractivity contribution >= 4 is 57.9 Å². The number of halogens is 4. The van der Waals surface area contributed by atoms with Crippen molar-refractivity contribution in [1.29, 1.82) is 0 Å². The minimum absolute atomic E-state index is 0.154. The molecule has 2 rings (SSSR count). The molecule has 0 saturated carbocycles. The van der Waals surface area contributed by atoms with Crippen molar-refractivity contribution in [2.45, 2.75) is 18.1 Å². The number of allylic oxidation sites excluding steroid dienone is 1. The fraction of sp³-hybridized carbons (Fsp3) is 0.600. The van der Waals surface area contributed by atoms with Gasteiger partial charge in [-0.15, -0.1) is 25.7 Å². The first kappa shape index (κ1) is 25.9. The van der Waals surface area contributed by atoms with E-state index in [4.69, 9.17) is 46.8 Å². The molecule has 2 N–H and O–H groups in total. The molecule has 2 aliphatic rings. The first-order valence-corrected chi connectivity index (χ1v) is 20.5. The Balaban J connectivity index is 0.000000368. The summed E-state index contributed by atoms with van der Waals surface area (Å²) in [5.74, 6) is 0. The molecule has 8 nitrogen and oxygen atoms in total. The van der Waals surface area contributed by atoms with Gasteiger partial charge in [-0.25, -0.2) is 0 Å². The van der Waals surface area contributed by atoms with Crippen molar-refractivity contribution in [3.63, 3.8) is 0 Å². The Hall–Kier alpha value is 0.908. The summed E-state index contributed by atoms with van der Waals surface area (Å²) in [6.45, 7) is 1.46. The number of hydrogen-bond acceptors (Lipinski definition) is 4. The van der Waals surface area contributed by atoms with E-state index in [1.165, 1.54) is 6.08 Å². The van der Waals surface area contributed by atoms with Crippen molar-refractivity contribution in [1.82, 2.24) is 0 Å². The molecule has 0 amide bonds. The molecule has 0 aromatic carbocycles. The van der Waals surface area contributed by atoms with Gasteiger partial charge in [0, 0.05) is 0 Å². The van der Waals surface area contributed by atoms with Crippen molar-refractivity contribution < 1.29 is 37.8 Å². The summed E-state index contributed by atoms with van der Waals surface area (Å²) < 4.78 is 58.7. The van der Waals surface area contributed by atoms with Gasteiger partial charge in [0.05, 0.1) is 10.2 Å². The van der Waals surface area contributed by atoms with E-state index in [1.807, 2.05) is 0 Å². The Kier molecular flexibility index (Phi) is 12.1. The summed E-state index contributed by atoms with van der Waals surface area (Å²) in [5, 5.41) is 6.89. The first-order chi connectivity index (χ1) is 11.2. The minimum atomic E-state index is -4.05. The summed E-state index contributed by atoms with van der Waals surface area (Å²) in [5.41, 5.74) is 0. The molecule has 0 aromatic rings. The van der Waals surface area contributed by atoms with E-state index >= 15 is 0 Å². The Morgan fingerprint density at radius 2 is 1.68 bits per heavy atom. The zero-order valence-corrected chi connectivity index (χ0v) is 19.3. The third kappa shape index (κ3) is 15.6. The molecule has 0 aliphatic carbocycles. The summed E-state index contributed by atoms with van der Waals surface area (Å²) in [6, 6.07) is 0. The van der Waals surface area contributed by atoms with Gasteiger partial charge in [0.1, 0.15) is 0 Å². The van der Waals surface area contributed by atoms with Crippen molar-refractivity contribution in [2.75, 3.05) is 19.6 Å². The molecule has 0 spiro atoms. The number of piperidine rings is 1. The molecule has 25 heavy (non-hydrogen) atoms. The van der Waals surface area contributed by atoms with E-state index in [9.17, 15) is 16.8 Å². The second-order valence-corrected chi connectivity index (χ2v) is 27.3. The van der Waals surface area contributed by atoms with Gasteiger partial charge >= 0.3 is 49.6 Å². The molecule has 152 valence electrons. The quantitative estimate of drug-likeness (QED) is 0.432. The number of nitrogens with zero attached hydrogens (tertiary/aromatic N) is 2.